The standard InChI is InChI=1S/C18H27N3O7/c1-13(2)20-10-14(28-18(22)12-25-8-9-27-21(23)24)11-26-17-5-3-4-16-15(17)6-7-19-16/h3-7,13-14,19-20,23-24H,8-12H2,1-2H3. The highest BCUT2D eigenvalue weighted by Gasteiger charge is 2.17. The number of hydrogen-bond donors (Lipinski definition) is 4. The van der Waals surface area contributed by atoms with Crippen LogP contribution in [-0.4, -0.2) is 71.9 Å². The minimum atomic E-state index is -0.552. The monoisotopic (exact) mass is 397 g/mol. The molecule has 0 aliphatic heterocycles. The van der Waals surface area contributed by atoms with Crippen molar-refractivity contribution in [2.45, 2.75) is 26.0 Å². The fraction of sp³-hybridized carbons (Fsp3) is 0.500. The maximum atomic E-state index is 12.0. The van der Waals surface area contributed by atoms with Crippen LogP contribution in [0, 0.1) is 0 Å². The van der Waals surface area contributed by atoms with Crippen molar-refractivity contribution < 1.29 is 34.3 Å². The van der Waals surface area contributed by atoms with E-state index in [0.29, 0.717) is 12.3 Å². The first-order valence-corrected chi connectivity index (χ1v) is 8.96. The summed E-state index contributed by atoms with van der Waals surface area (Å²) in [5.74, 6) is 0.152. The molecule has 28 heavy (non-hydrogen) atoms. The highest BCUT2D eigenvalue weighted by molar-refractivity contribution is 5.85. The first-order valence-electron chi connectivity index (χ1n) is 8.96. The zero-order chi connectivity index (χ0) is 20.4. The van der Waals surface area contributed by atoms with Gasteiger partial charge in [-0.15, -0.1) is 0 Å². The summed E-state index contributed by atoms with van der Waals surface area (Å²) < 4.78 is 16.4. The molecule has 0 amide bonds. The maximum Gasteiger partial charge on any atom is 0.332 e. The van der Waals surface area contributed by atoms with Crippen molar-refractivity contribution in [2.75, 3.05) is 33.0 Å². The number of aromatic amines is 1. The summed E-state index contributed by atoms with van der Waals surface area (Å²) in [6.45, 7) is 4.19. The normalized spacial score (nSPS) is 12.6. The molecule has 10 nitrogen and oxygen atoms in total. The molecule has 0 saturated heterocycles. The summed E-state index contributed by atoms with van der Waals surface area (Å²) in [6.07, 6.45) is 1.33. The van der Waals surface area contributed by atoms with E-state index >= 15 is 0 Å². The van der Waals surface area contributed by atoms with Crippen LogP contribution in [0.25, 0.3) is 10.9 Å². The Labute approximate surface area is 162 Å². The molecular weight excluding hydrogens is 370 g/mol. The van der Waals surface area contributed by atoms with Gasteiger partial charge in [0.25, 0.3) is 0 Å². The summed E-state index contributed by atoms with van der Waals surface area (Å²) >= 11 is 0. The first kappa shape index (κ1) is 22.1. The molecule has 1 aromatic heterocycles. The molecule has 0 aliphatic carbocycles. The van der Waals surface area contributed by atoms with Gasteiger partial charge in [0.2, 0.25) is 0 Å². The summed E-state index contributed by atoms with van der Waals surface area (Å²) in [7, 11) is 0. The average Bonchev–Trinajstić information content (AvgIpc) is 3.12. The van der Waals surface area contributed by atoms with Gasteiger partial charge in [-0.2, -0.15) is 0 Å². The van der Waals surface area contributed by atoms with Crippen molar-refractivity contribution in [3.63, 3.8) is 0 Å². The van der Waals surface area contributed by atoms with Crippen molar-refractivity contribution in [2.24, 2.45) is 0 Å². The predicted molar refractivity (Wildman–Crippen MR) is 99.0 cm³/mol. The van der Waals surface area contributed by atoms with Crippen LogP contribution >= 0.6 is 0 Å². The van der Waals surface area contributed by atoms with Gasteiger partial charge >= 0.3 is 5.97 Å². The number of benzene rings is 1. The SMILES string of the molecule is CC(C)NCC(COc1cccc2[nH]ccc12)OC(=O)COCCON(O)O. The molecule has 0 aliphatic rings. The molecule has 1 atom stereocenters. The van der Waals surface area contributed by atoms with Gasteiger partial charge in [0, 0.05) is 29.7 Å². The number of nitrogens with zero attached hydrogens (tertiary/aromatic N) is 1. The van der Waals surface area contributed by atoms with E-state index in [1.54, 1.807) is 0 Å². The van der Waals surface area contributed by atoms with E-state index in [4.69, 9.17) is 24.6 Å². The van der Waals surface area contributed by atoms with Crippen LogP contribution < -0.4 is 10.1 Å². The Hall–Kier alpha value is -2.21. The Morgan fingerprint density at radius 1 is 1.25 bits per heavy atom. The number of H-pyrrole nitrogens is 1. The Balaban J connectivity index is 1.83. The molecule has 0 fully saturated rings. The Kier molecular flexibility index (Phi) is 9.14. The zero-order valence-corrected chi connectivity index (χ0v) is 16.0. The number of fused-ring (bicyclic) bond motifs is 1. The minimum absolute atomic E-state index is 0.00633. The van der Waals surface area contributed by atoms with Gasteiger partial charge in [-0.25, -0.2) is 9.63 Å². The number of carbonyl (C=O) groups excluding carboxylic acids is 1. The zero-order valence-electron chi connectivity index (χ0n) is 16.0. The summed E-state index contributed by atoms with van der Waals surface area (Å²) in [5.41, 5.74) is 0.964. The third kappa shape index (κ3) is 7.80. The van der Waals surface area contributed by atoms with Crippen LogP contribution in [-0.2, 0) is 19.1 Å². The molecule has 0 radical (unpaired) electrons. The van der Waals surface area contributed by atoms with Crippen molar-refractivity contribution >= 4 is 16.9 Å². The Bertz CT molecular complexity index is 720. The van der Waals surface area contributed by atoms with Gasteiger partial charge < -0.3 is 24.5 Å². The number of esters is 1. The third-order valence-electron chi connectivity index (χ3n) is 3.69. The highest BCUT2D eigenvalue weighted by atomic mass is 17.1. The summed E-state index contributed by atoms with van der Waals surface area (Å²) in [5, 5.41) is 20.5. The minimum Gasteiger partial charge on any atom is -0.489 e. The van der Waals surface area contributed by atoms with Crippen LogP contribution in [0.2, 0.25) is 0 Å². The Morgan fingerprint density at radius 3 is 2.82 bits per heavy atom. The van der Waals surface area contributed by atoms with Crippen LogP contribution in [0.5, 0.6) is 5.75 Å². The Morgan fingerprint density at radius 2 is 2.07 bits per heavy atom. The van der Waals surface area contributed by atoms with Gasteiger partial charge in [-0.3, -0.25) is 10.4 Å². The maximum absolute atomic E-state index is 12.0. The first-order chi connectivity index (χ1) is 13.5. The van der Waals surface area contributed by atoms with E-state index in [9.17, 15) is 4.79 Å². The van der Waals surface area contributed by atoms with Gasteiger partial charge in [0.15, 0.2) is 0 Å². The van der Waals surface area contributed by atoms with Crippen LogP contribution in [0.1, 0.15) is 13.8 Å². The number of nitrogens with one attached hydrogen (secondary N) is 2. The molecule has 1 aromatic carbocycles. The lowest BCUT2D eigenvalue weighted by molar-refractivity contribution is -0.493. The predicted octanol–water partition coefficient (Wildman–Crippen LogP) is 1.49. The number of hydrogen-bond acceptors (Lipinski definition) is 9. The van der Waals surface area contributed by atoms with E-state index in [2.05, 4.69) is 15.1 Å². The molecular formula is C18H27N3O7. The van der Waals surface area contributed by atoms with Gasteiger partial charge in [-0.05, 0) is 18.2 Å². The lowest BCUT2D eigenvalue weighted by Crippen LogP contribution is -2.39. The second kappa shape index (κ2) is 11.6. The molecule has 1 heterocycles. The van der Waals surface area contributed by atoms with Crippen LogP contribution in [0.15, 0.2) is 30.5 Å². The van der Waals surface area contributed by atoms with Gasteiger partial charge in [0.05, 0.1) is 18.6 Å². The molecule has 156 valence electrons. The summed E-state index contributed by atoms with van der Waals surface area (Å²) in [6, 6.07) is 7.85. The van der Waals surface area contributed by atoms with Crippen LogP contribution in [0.3, 0.4) is 0 Å². The van der Waals surface area contributed by atoms with Gasteiger partial charge in [-0.1, -0.05) is 19.9 Å². The van der Waals surface area contributed by atoms with Crippen molar-refractivity contribution in [3.8, 4) is 5.75 Å². The molecule has 0 spiro atoms. The fourth-order valence-corrected chi connectivity index (χ4v) is 2.42. The second-order valence-electron chi connectivity index (χ2n) is 6.32. The number of aromatic nitrogens is 1. The highest BCUT2D eigenvalue weighted by Crippen LogP contribution is 2.24. The van der Waals surface area contributed by atoms with Gasteiger partial charge in [0.1, 0.15) is 25.1 Å². The molecule has 1 unspecified atom stereocenters. The number of rotatable bonds is 13. The molecule has 0 saturated carbocycles. The lowest BCUT2D eigenvalue weighted by atomic mass is 10.2. The van der Waals surface area contributed by atoms with E-state index in [1.807, 2.05) is 44.3 Å². The average molecular weight is 397 g/mol. The number of ether oxygens (including phenoxy) is 3. The van der Waals surface area contributed by atoms with E-state index in [-0.39, 0.29) is 32.5 Å². The van der Waals surface area contributed by atoms with Crippen molar-refractivity contribution in [1.29, 1.82) is 0 Å². The van der Waals surface area contributed by atoms with Crippen molar-refractivity contribution in [1.82, 2.24) is 15.7 Å². The third-order valence-corrected chi connectivity index (χ3v) is 3.69. The summed E-state index contributed by atoms with van der Waals surface area (Å²) in [4.78, 5) is 19.4. The fourth-order valence-electron chi connectivity index (χ4n) is 2.42. The molecule has 0 bridgehead atoms. The molecule has 10 heteroatoms. The molecule has 2 rings (SSSR count). The molecule has 2 aromatic rings. The van der Waals surface area contributed by atoms with Crippen molar-refractivity contribution in [3.05, 3.63) is 30.5 Å². The largest absolute Gasteiger partial charge is 0.489 e. The second-order valence-corrected chi connectivity index (χ2v) is 6.32. The smallest absolute Gasteiger partial charge is 0.332 e. The van der Waals surface area contributed by atoms with E-state index in [0.717, 1.165) is 10.9 Å². The van der Waals surface area contributed by atoms with Crippen LogP contribution in [0.4, 0.5) is 0 Å². The lowest BCUT2D eigenvalue weighted by Gasteiger charge is -2.20. The van der Waals surface area contributed by atoms with E-state index in [1.165, 1.54) is 0 Å². The number of carbonyl (C=O) groups is 1. The van der Waals surface area contributed by atoms with E-state index < -0.39 is 17.5 Å². The quantitative estimate of drug-likeness (QED) is 0.226. The molecule has 4 N–H and O–H groups in total. The topological polar surface area (TPSA) is 126 Å².